The Bertz CT molecular complexity index is 750. The van der Waals surface area contributed by atoms with Crippen molar-refractivity contribution in [2.24, 2.45) is 0 Å². The van der Waals surface area contributed by atoms with Gasteiger partial charge in [0.15, 0.2) is 0 Å². The number of nitrogens with zero attached hydrogens (tertiary/aromatic N) is 1. The number of hydrogen-bond acceptors (Lipinski definition) is 3. The molecular weight excluding hydrogens is 276 g/mol. The minimum atomic E-state index is 0.697. The summed E-state index contributed by atoms with van der Waals surface area (Å²) in [5, 5.41) is 9.01. The molecule has 1 aromatic heterocycles. The quantitative estimate of drug-likeness (QED) is 0.795. The van der Waals surface area contributed by atoms with Gasteiger partial charge in [-0.3, -0.25) is 5.10 Å². The molecule has 102 valence electrons. The predicted molar refractivity (Wildman–Crippen MR) is 79.6 cm³/mol. The highest BCUT2D eigenvalue weighted by atomic mass is 35.5. The highest BCUT2D eigenvalue weighted by molar-refractivity contribution is 6.30. The summed E-state index contributed by atoms with van der Waals surface area (Å²) in [4.78, 5) is 0. The first-order valence-electron chi connectivity index (χ1n) is 6.09. The van der Waals surface area contributed by atoms with E-state index in [-0.39, 0.29) is 0 Å². The first-order valence-corrected chi connectivity index (χ1v) is 6.46. The van der Waals surface area contributed by atoms with Gasteiger partial charge >= 0.3 is 0 Å². The Hall–Kier alpha value is -2.20. The first kappa shape index (κ1) is 12.8. The van der Waals surface area contributed by atoms with E-state index in [4.69, 9.17) is 21.1 Å². The molecule has 3 rings (SSSR count). The fraction of sp³-hybridized carbons (Fsp3) is 0.133. The third-order valence-electron chi connectivity index (χ3n) is 3.17. The third-order valence-corrected chi connectivity index (χ3v) is 3.43. The van der Waals surface area contributed by atoms with Crippen LogP contribution in [0.3, 0.4) is 0 Å². The van der Waals surface area contributed by atoms with Crippen LogP contribution in [0.15, 0.2) is 36.4 Å². The Labute approximate surface area is 121 Å². The molecule has 0 saturated heterocycles. The van der Waals surface area contributed by atoms with Gasteiger partial charge < -0.3 is 9.47 Å². The van der Waals surface area contributed by atoms with Crippen molar-refractivity contribution < 1.29 is 9.47 Å². The van der Waals surface area contributed by atoms with E-state index in [1.165, 1.54) is 0 Å². The van der Waals surface area contributed by atoms with Gasteiger partial charge in [-0.1, -0.05) is 23.7 Å². The molecule has 0 saturated carbocycles. The van der Waals surface area contributed by atoms with Gasteiger partial charge in [0.25, 0.3) is 0 Å². The number of ether oxygens (including phenoxy) is 2. The summed E-state index contributed by atoms with van der Waals surface area (Å²) < 4.78 is 10.7. The number of nitrogens with one attached hydrogen (secondary N) is 1. The fourth-order valence-corrected chi connectivity index (χ4v) is 2.32. The van der Waals surface area contributed by atoms with E-state index in [0.717, 1.165) is 33.7 Å². The van der Waals surface area contributed by atoms with Crippen LogP contribution in [0.1, 0.15) is 0 Å². The van der Waals surface area contributed by atoms with Crippen LogP contribution in [0.25, 0.3) is 22.2 Å². The third kappa shape index (κ3) is 2.08. The van der Waals surface area contributed by atoms with Crippen molar-refractivity contribution in [3.63, 3.8) is 0 Å². The summed E-state index contributed by atoms with van der Waals surface area (Å²) in [5.74, 6) is 1.44. The minimum Gasteiger partial charge on any atom is -0.497 e. The standard InChI is InChI=1S/C15H13ClN2O2/c1-19-11-7-12-14(13(8-11)20-2)15(18-17-12)9-3-5-10(16)6-4-9/h3-8H,1-2H3,(H,17,18). The van der Waals surface area contributed by atoms with E-state index in [1.807, 2.05) is 36.4 Å². The van der Waals surface area contributed by atoms with E-state index < -0.39 is 0 Å². The van der Waals surface area contributed by atoms with Crippen molar-refractivity contribution in [1.29, 1.82) is 0 Å². The highest BCUT2D eigenvalue weighted by Crippen LogP contribution is 2.36. The second-order valence-corrected chi connectivity index (χ2v) is 4.77. The van der Waals surface area contributed by atoms with Crippen molar-refractivity contribution in [3.8, 4) is 22.8 Å². The lowest BCUT2D eigenvalue weighted by Crippen LogP contribution is -1.88. The van der Waals surface area contributed by atoms with E-state index in [2.05, 4.69) is 10.2 Å². The largest absolute Gasteiger partial charge is 0.497 e. The summed E-state index contributed by atoms with van der Waals surface area (Å²) >= 11 is 5.92. The average molecular weight is 289 g/mol. The number of rotatable bonds is 3. The zero-order valence-corrected chi connectivity index (χ0v) is 11.9. The van der Waals surface area contributed by atoms with Crippen LogP contribution in [0, 0.1) is 0 Å². The van der Waals surface area contributed by atoms with Crippen LogP contribution in [0.4, 0.5) is 0 Å². The van der Waals surface area contributed by atoms with Crippen molar-refractivity contribution in [3.05, 3.63) is 41.4 Å². The molecule has 0 aliphatic heterocycles. The Morgan fingerprint density at radius 2 is 1.80 bits per heavy atom. The summed E-state index contributed by atoms with van der Waals surface area (Å²) in [7, 11) is 3.25. The smallest absolute Gasteiger partial charge is 0.134 e. The average Bonchev–Trinajstić information content (AvgIpc) is 2.91. The van der Waals surface area contributed by atoms with Crippen LogP contribution in [0.5, 0.6) is 11.5 Å². The van der Waals surface area contributed by atoms with Gasteiger partial charge in [0.1, 0.15) is 17.2 Å². The number of methoxy groups -OCH3 is 2. The van der Waals surface area contributed by atoms with Crippen LogP contribution in [0.2, 0.25) is 5.02 Å². The van der Waals surface area contributed by atoms with Gasteiger partial charge in [-0.25, -0.2) is 0 Å². The molecule has 0 spiro atoms. The normalized spacial score (nSPS) is 10.8. The summed E-state index contributed by atoms with van der Waals surface area (Å²) in [5.41, 5.74) is 2.67. The van der Waals surface area contributed by atoms with E-state index in [1.54, 1.807) is 14.2 Å². The molecule has 0 aliphatic rings. The minimum absolute atomic E-state index is 0.697. The summed E-state index contributed by atoms with van der Waals surface area (Å²) in [6.07, 6.45) is 0. The number of benzene rings is 2. The molecule has 1 heterocycles. The van der Waals surface area contributed by atoms with Gasteiger partial charge in [0.05, 0.1) is 25.1 Å². The van der Waals surface area contributed by atoms with Crippen LogP contribution in [-0.2, 0) is 0 Å². The second kappa shape index (κ2) is 5.06. The number of H-pyrrole nitrogens is 1. The van der Waals surface area contributed by atoms with Crippen molar-refractivity contribution in [1.82, 2.24) is 10.2 Å². The van der Waals surface area contributed by atoms with Crippen LogP contribution >= 0.6 is 11.6 Å². The van der Waals surface area contributed by atoms with Crippen LogP contribution in [-0.4, -0.2) is 24.4 Å². The lowest BCUT2D eigenvalue weighted by atomic mass is 10.1. The fourth-order valence-electron chi connectivity index (χ4n) is 2.19. The van der Waals surface area contributed by atoms with Gasteiger partial charge in [-0.15, -0.1) is 0 Å². The molecular formula is C15H13ClN2O2. The van der Waals surface area contributed by atoms with Crippen molar-refractivity contribution >= 4 is 22.5 Å². The molecule has 2 aromatic carbocycles. The maximum Gasteiger partial charge on any atom is 0.134 e. The molecule has 0 unspecified atom stereocenters. The Morgan fingerprint density at radius 1 is 1.05 bits per heavy atom. The molecule has 0 amide bonds. The lowest BCUT2D eigenvalue weighted by Gasteiger charge is -2.07. The van der Waals surface area contributed by atoms with Crippen LogP contribution < -0.4 is 9.47 Å². The Balaban J connectivity index is 2.24. The molecule has 4 nitrogen and oxygen atoms in total. The van der Waals surface area contributed by atoms with Gasteiger partial charge in [-0.2, -0.15) is 5.10 Å². The van der Waals surface area contributed by atoms with E-state index in [9.17, 15) is 0 Å². The molecule has 20 heavy (non-hydrogen) atoms. The summed E-state index contributed by atoms with van der Waals surface area (Å²) in [6.45, 7) is 0. The van der Waals surface area contributed by atoms with Crippen molar-refractivity contribution in [2.75, 3.05) is 14.2 Å². The Kier molecular flexibility index (Phi) is 3.24. The topological polar surface area (TPSA) is 47.1 Å². The number of aromatic nitrogens is 2. The maximum atomic E-state index is 5.92. The molecule has 0 bridgehead atoms. The molecule has 3 aromatic rings. The number of aromatic amines is 1. The molecule has 5 heteroatoms. The number of hydrogen-bond donors (Lipinski definition) is 1. The highest BCUT2D eigenvalue weighted by Gasteiger charge is 2.14. The van der Waals surface area contributed by atoms with Gasteiger partial charge in [0.2, 0.25) is 0 Å². The number of halogens is 1. The van der Waals surface area contributed by atoms with E-state index >= 15 is 0 Å². The van der Waals surface area contributed by atoms with Gasteiger partial charge in [0, 0.05) is 22.7 Å². The predicted octanol–water partition coefficient (Wildman–Crippen LogP) is 3.90. The van der Waals surface area contributed by atoms with Crippen molar-refractivity contribution in [2.45, 2.75) is 0 Å². The maximum absolute atomic E-state index is 5.92. The lowest BCUT2D eigenvalue weighted by molar-refractivity contribution is 0.398. The SMILES string of the molecule is COc1cc(OC)c2c(-c3ccc(Cl)cc3)n[nH]c2c1. The molecule has 0 fully saturated rings. The van der Waals surface area contributed by atoms with E-state index in [0.29, 0.717) is 5.02 Å². The zero-order valence-electron chi connectivity index (χ0n) is 11.1. The molecule has 0 radical (unpaired) electrons. The first-order chi connectivity index (χ1) is 9.72. The summed E-state index contributed by atoms with van der Waals surface area (Å²) in [6, 6.07) is 11.3. The Morgan fingerprint density at radius 3 is 2.45 bits per heavy atom. The second-order valence-electron chi connectivity index (χ2n) is 4.33. The zero-order chi connectivity index (χ0) is 14.1. The molecule has 0 atom stereocenters. The van der Waals surface area contributed by atoms with Gasteiger partial charge in [-0.05, 0) is 12.1 Å². The molecule has 0 aliphatic carbocycles. The molecule has 1 N–H and O–H groups in total. The number of fused-ring (bicyclic) bond motifs is 1. The monoisotopic (exact) mass is 288 g/mol.